The van der Waals surface area contributed by atoms with Crippen molar-refractivity contribution in [2.45, 2.75) is 135 Å². The minimum Gasteiger partial charge on any atom is -0.480 e. The molecule has 0 aliphatic heterocycles. The Hall–Kier alpha value is -4.93. The molecule has 0 heterocycles. The smallest absolute Gasteiger partial charge is 0.326 e. The van der Waals surface area contributed by atoms with Crippen molar-refractivity contribution in [1.82, 2.24) is 37.2 Å². The van der Waals surface area contributed by atoms with E-state index in [4.69, 9.17) is 22.3 Å². The lowest BCUT2D eigenvalue weighted by Gasteiger charge is -2.26. The van der Waals surface area contributed by atoms with E-state index in [1.807, 2.05) is 0 Å². The molecule has 57 heavy (non-hydrogen) atoms. The number of carboxylic acid groups (broad SMARTS) is 1. The fraction of sp³-hybridized carbons (Fsp3) is 0.743. The van der Waals surface area contributed by atoms with Crippen LogP contribution in [0, 0.1) is 11.8 Å². The Balaban J connectivity index is 5.77. The molecular formula is C35H64N10O12. The number of aliphatic hydroxyl groups is 2. The van der Waals surface area contributed by atoms with Crippen LogP contribution in [0.1, 0.15) is 86.5 Å². The number of aliphatic hydroxyl groups excluding tert-OH is 2. The lowest BCUT2D eigenvalue weighted by molar-refractivity contribution is -0.142. The minimum absolute atomic E-state index is 0.0958. The zero-order chi connectivity index (χ0) is 44.0. The molecule has 0 saturated heterocycles. The largest absolute Gasteiger partial charge is 0.480 e. The topological polar surface area (TPSA) is 377 Å². The highest BCUT2D eigenvalue weighted by molar-refractivity contribution is 5.96. The van der Waals surface area contributed by atoms with Crippen molar-refractivity contribution in [3.63, 3.8) is 0 Å². The van der Waals surface area contributed by atoms with Gasteiger partial charge in [-0.2, -0.15) is 0 Å². The molecule has 16 N–H and O–H groups in total. The summed E-state index contributed by atoms with van der Waals surface area (Å²) in [5.41, 5.74) is 16.2. The van der Waals surface area contributed by atoms with E-state index >= 15 is 0 Å². The number of nitrogens with one attached hydrogen (secondary N) is 7. The highest BCUT2D eigenvalue weighted by atomic mass is 16.4. The molecule has 0 unspecified atom stereocenters. The number of aliphatic carboxylic acids is 1. The van der Waals surface area contributed by atoms with Gasteiger partial charge in [-0.1, -0.05) is 27.7 Å². The van der Waals surface area contributed by atoms with Gasteiger partial charge in [-0.15, -0.1) is 0 Å². The maximum absolute atomic E-state index is 13.5. The van der Waals surface area contributed by atoms with Gasteiger partial charge < -0.3 is 69.7 Å². The van der Waals surface area contributed by atoms with Crippen LogP contribution < -0.4 is 54.4 Å². The fourth-order valence-corrected chi connectivity index (χ4v) is 5.21. The van der Waals surface area contributed by atoms with Crippen LogP contribution in [0.3, 0.4) is 0 Å². The first-order valence-corrected chi connectivity index (χ1v) is 18.9. The van der Waals surface area contributed by atoms with E-state index in [-0.39, 0.29) is 43.9 Å². The average molecular weight is 817 g/mol. The van der Waals surface area contributed by atoms with Gasteiger partial charge >= 0.3 is 5.97 Å². The van der Waals surface area contributed by atoms with Crippen LogP contribution in [0.4, 0.5) is 0 Å². The Morgan fingerprint density at radius 1 is 0.614 bits per heavy atom. The Bertz CT molecular complexity index is 1380. The molecule has 0 aromatic heterocycles. The van der Waals surface area contributed by atoms with Gasteiger partial charge in [0.15, 0.2) is 0 Å². The van der Waals surface area contributed by atoms with Gasteiger partial charge in [-0.3, -0.25) is 38.4 Å². The molecule has 0 radical (unpaired) electrons. The van der Waals surface area contributed by atoms with Crippen LogP contribution in [0.2, 0.25) is 0 Å². The third-order valence-corrected chi connectivity index (χ3v) is 8.34. The Morgan fingerprint density at radius 3 is 1.63 bits per heavy atom. The van der Waals surface area contributed by atoms with Crippen LogP contribution in [0.25, 0.3) is 0 Å². The number of nitrogens with two attached hydrogens (primary N) is 3. The fourth-order valence-electron chi connectivity index (χ4n) is 5.21. The normalized spacial score (nSPS) is 15.4. The molecule has 0 bridgehead atoms. The van der Waals surface area contributed by atoms with Crippen molar-refractivity contribution >= 4 is 53.2 Å². The van der Waals surface area contributed by atoms with E-state index < -0.39 is 115 Å². The number of amides is 8. The molecule has 0 aromatic rings. The second-order valence-electron chi connectivity index (χ2n) is 14.7. The van der Waals surface area contributed by atoms with Gasteiger partial charge in [0.1, 0.15) is 42.3 Å². The van der Waals surface area contributed by atoms with Gasteiger partial charge in [-0.05, 0) is 70.8 Å². The van der Waals surface area contributed by atoms with E-state index in [1.165, 1.54) is 13.8 Å². The van der Waals surface area contributed by atoms with E-state index in [9.17, 15) is 53.4 Å². The van der Waals surface area contributed by atoms with Crippen LogP contribution in [0.5, 0.6) is 0 Å². The van der Waals surface area contributed by atoms with Gasteiger partial charge in [-0.25, -0.2) is 4.79 Å². The summed E-state index contributed by atoms with van der Waals surface area (Å²) < 4.78 is 0. The average Bonchev–Trinajstić information content (AvgIpc) is 3.11. The van der Waals surface area contributed by atoms with E-state index in [0.717, 1.165) is 0 Å². The second-order valence-corrected chi connectivity index (χ2v) is 14.7. The van der Waals surface area contributed by atoms with Crippen LogP contribution in [-0.2, 0) is 43.2 Å². The lowest BCUT2D eigenvalue weighted by atomic mass is 10.0. The Labute approximate surface area is 332 Å². The maximum Gasteiger partial charge on any atom is 0.326 e. The van der Waals surface area contributed by atoms with Crippen molar-refractivity contribution < 1.29 is 58.5 Å². The number of carbonyl (C=O) groups excluding carboxylic acids is 8. The van der Waals surface area contributed by atoms with Gasteiger partial charge in [0, 0.05) is 6.42 Å². The Morgan fingerprint density at radius 2 is 1.14 bits per heavy atom. The number of carbonyl (C=O) groups is 9. The quantitative estimate of drug-likeness (QED) is 0.0330. The summed E-state index contributed by atoms with van der Waals surface area (Å²) in [6.45, 7) is 8.56. The number of carboxylic acids is 1. The molecule has 8 amide bonds. The van der Waals surface area contributed by atoms with Gasteiger partial charge in [0.2, 0.25) is 47.3 Å². The van der Waals surface area contributed by atoms with Crippen LogP contribution >= 0.6 is 0 Å². The van der Waals surface area contributed by atoms with Crippen molar-refractivity contribution in [3.8, 4) is 0 Å². The molecule has 0 fully saturated rings. The zero-order valence-corrected chi connectivity index (χ0v) is 33.6. The van der Waals surface area contributed by atoms with Crippen LogP contribution in [-0.4, -0.2) is 137 Å². The summed E-state index contributed by atoms with van der Waals surface area (Å²) >= 11 is 0. The van der Waals surface area contributed by atoms with Crippen molar-refractivity contribution in [2.75, 3.05) is 19.7 Å². The SMILES string of the molecule is CC(C)C[C@H](NC(=O)[C@H](C)NC(=O)[C@@H](NC(=O)[C@@H](N)CO)[C@@H](C)O)C(=O)NCC(=O)N[C@@H](CCCCN)C(=O)N[C@@H](CC(C)C)C(=O)N[C@@H](CCC(N)=O)C(=O)O. The standard InChI is InChI=1S/C35H64N10O12/c1-17(2)13-24(43-29(50)19(5)40-34(55)28(20(6)47)45-30(51)21(37)16-46)31(52)39-15-27(49)41-22(9-7-8-12-36)32(53)44-25(14-18(3)4)33(54)42-23(35(56)57)10-11-26(38)48/h17-25,28,46-47H,7-16,36-37H2,1-6H3,(H2,38,48)(H,39,52)(H,40,55)(H,41,49)(H,42,54)(H,43,50)(H,44,53)(H,45,51)(H,56,57)/t19-,20+,21-,22-,23-,24-,25-,28-/m0/s1. The maximum atomic E-state index is 13.5. The highest BCUT2D eigenvalue weighted by Gasteiger charge is 2.33. The lowest BCUT2D eigenvalue weighted by Crippen LogP contribution is -2.60. The second kappa shape index (κ2) is 26.8. The summed E-state index contributed by atoms with van der Waals surface area (Å²) in [5.74, 6) is -8.24. The molecule has 8 atom stereocenters. The molecule has 326 valence electrons. The molecule has 0 aromatic carbocycles. The van der Waals surface area contributed by atoms with E-state index in [0.29, 0.717) is 19.4 Å². The summed E-state index contributed by atoms with van der Waals surface area (Å²) in [5, 5.41) is 45.5. The van der Waals surface area contributed by atoms with E-state index in [2.05, 4.69) is 37.2 Å². The molecule has 22 nitrogen and oxygen atoms in total. The minimum atomic E-state index is -1.53. The number of hydrogen-bond acceptors (Lipinski definition) is 13. The van der Waals surface area contributed by atoms with E-state index in [1.54, 1.807) is 27.7 Å². The first-order chi connectivity index (χ1) is 26.5. The Kier molecular flexibility index (Phi) is 24.5. The molecule has 0 rings (SSSR count). The monoisotopic (exact) mass is 816 g/mol. The summed E-state index contributed by atoms with van der Waals surface area (Å²) in [6.07, 6.45) is -0.788. The van der Waals surface area contributed by atoms with Gasteiger partial charge in [0.25, 0.3) is 0 Å². The van der Waals surface area contributed by atoms with Crippen molar-refractivity contribution in [2.24, 2.45) is 29.0 Å². The number of primary amides is 1. The summed E-state index contributed by atoms with van der Waals surface area (Å²) in [7, 11) is 0. The molecule has 22 heteroatoms. The predicted molar refractivity (Wildman–Crippen MR) is 205 cm³/mol. The third kappa shape index (κ3) is 21.3. The van der Waals surface area contributed by atoms with Crippen LogP contribution in [0.15, 0.2) is 0 Å². The molecule has 0 saturated carbocycles. The van der Waals surface area contributed by atoms with Gasteiger partial charge in [0.05, 0.1) is 19.3 Å². The summed E-state index contributed by atoms with van der Waals surface area (Å²) in [6, 6.07) is -9.20. The number of unbranched alkanes of at least 4 members (excludes halogenated alkanes) is 1. The van der Waals surface area contributed by atoms with Crippen molar-refractivity contribution in [1.29, 1.82) is 0 Å². The molecule has 0 spiro atoms. The molecule has 0 aliphatic rings. The molecular weight excluding hydrogens is 752 g/mol. The number of hydrogen-bond donors (Lipinski definition) is 13. The first-order valence-electron chi connectivity index (χ1n) is 18.9. The zero-order valence-electron chi connectivity index (χ0n) is 33.6. The predicted octanol–water partition coefficient (Wildman–Crippen LogP) is -4.70. The highest BCUT2D eigenvalue weighted by Crippen LogP contribution is 2.10. The van der Waals surface area contributed by atoms with Crippen molar-refractivity contribution in [3.05, 3.63) is 0 Å². The first kappa shape index (κ1) is 52.1. The molecule has 0 aliphatic carbocycles. The number of rotatable bonds is 28. The third-order valence-electron chi connectivity index (χ3n) is 8.34. The summed E-state index contributed by atoms with van der Waals surface area (Å²) in [4.78, 5) is 114.